The number of fused-ring (bicyclic) bond motifs is 1. The van der Waals surface area contributed by atoms with Gasteiger partial charge in [-0.05, 0) is 81.0 Å². The Kier molecular flexibility index (Phi) is 4.81. The van der Waals surface area contributed by atoms with E-state index in [1.807, 2.05) is 12.1 Å². The van der Waals surface area contributed by atoms with E-state index in [1.54, 1.807) is 16.2 Å². The predicted octanol–water partition coefficient (Wildman–Crippen LogP) is 2.03. The van der Waals surface area contributed by atoms with Gasteiger partial charge < -0.3 is 5.32 Å². The molecule has 1 spiro atoms. The molecule has 3 fully saturated rings. The van der Waals surface area contributed by atoms with Gasteiger partial charge in [-0.1, -0.05) is 12.1 Å². The molecule has 2 aromatic rings. The molecule has 3 aliphatic rings. The summed E-state index contributed by atoms with van der Waals surface area (Å²) in [5.41, 5.74) is 3.28. The zero-order valence-corrected chi connectivity index (χ0v) is 17.6. The Balaban J connectivity index is 1.37. The first kappa shape index (κ1) is 19.5. The van der Waals surface area contributed by atoms with Crippen LogP contribution < -0.4 is 16.3 Å². The molecule has 7 heteroatoms. The number of benzene rings is 1. The van der Waals surface area contributed by atoms with E-state index in [2.05, 4.69) is 16.7 Å². The summed E-state index contributed by atoms with van der Waals surface area (Å²) in [5, 5.41) is 5.84. The third-order valence-corrected chi connectivity index (χ3v) is 7.64. The minimum atomic E-state index is -0.624. The zero-order chi connectivity index (χ0) is 20.9. The molecule has 1 aliphatic carbocycles. The minimum absolute atomic E-state index is 0.191. The van der Waals surface area contributed by atoms with Crippen LogP contribution in [0.25, 0.3) is 11.0 Å². The van der Waals surface area contributed by atoms with Gasteiger partial charge in [0.05, 0.1) is 11.0 Å². The van der Waals surface area contributed by atoms with Crippen LogP contribution in [-0.4, -0.2) is 34.0 Å². The van der Waals surface area contributed by atoms with Crippen LogP contribution in [0.5, 0.6) is 0 Å². The van der Waals surface area contributed by atoms with E-state index in [4.69, 9.17) is 0 Å². The van der Waals surface area contributed by atoms with Crippen molar-refractivity contribution in [3.8, 4) is 0 Å². The van der Waals surface area contributed by atoms with Crippen LogP contribution in [0.4, 0.5) is 0 Å². The second-order valence-electron chi connectivity index (χ2n) is 9.53. The van der Waals surface area contributed by atoms with E-state index in [0.29, 0.717) is 11.8 Å². The van der Waals surface area contributed by atoms with Gasteiger partial charge in [-0.25, -0.2) is 4.79 Å². The molecule has 5 rings (SSSR count). The van der Waals surface area contributed by atoms with Crippen LogP contribution in [0.1, 0.15) is 56.6 Å². The molecule has 0 bridgehead atoms. The van der Waals surface area contributed by atoms with Crippen molar-refractivity contribution in [1.29, 1.82) is 0 Å². The number of nitrogens with one attached hydrogen (secondary N) is 2. The molecule has 7 nitrogen and oxygen atoms in total. The van der Waals surface area contributed by atoms with E-state index < -0.39 is 6.04 Å². The fraction of sp³-hybridized carbons (Fsp3) is 0.609. The molecule has 2 amide bonds. The average Bonchev–Trinajstić information content (AvgIpc) is 2.97. The maximum Gasteiger partial charge on any atom is 0.329 e. The molecule has 30 heavy (non-hydrogen) atoms. The highest BCUT2D eigenvalue weighted by Gasteiger charge is 2.43. The second kappa shape index (κ2) is 7.38. The van der Waals surface area contributed by atoms with Crippen molar-refractivity contribution < 1.29 is 9.59 Å². The van der Waals surface area contributed by atoms with Gasteiger partial charge in [0.1, 0.15) is 6.04 Å². The lowest BCUT2D eigenvalue weighted by molar-refractivity contribution is -0.135. The molecule has 2 aliphatic heterocycles. The summed E-state index contributed by atoms with van der Waals surface area (Å²) >= 11 is 0. The SMILES string of the molecule is Cn1c(=O)n(C2CCC(=O)NC2=O)c2cccc(CCC3CC4(CCNCC4)C3)c21. The fourth-order valence-corrected chi connectivity index (χ4v) is 6.05. The van der Waals surface area contributed by atoms with E-state index >= 15 is 0 Å². The Labute approximate surface area is 175 Å². The van der Waals surface area contributed by atoms with Crippen molar-refractivity contribution in [2.75, 3.05) is 13.1 Å². The molecule has 1 atom stereocenters. The van der Waals surface area contributed by atoms with Gasteiger partial charge in [0, 0.05) is 13.5 Å². The Morgan fingerprint density at radius 2 is 1.90 bits per heavy atom. The monoisotopic (exact) mass is 410 g/mol. The van der Waals surface area contributed by atoms with E-state index in [9.17, 15) is 14.4 Å². The maximum atomic E-state index is 13.0. The number of imidazole rings is 1. The zero-order valence-electron chi connectivity index (χ0n) is 17.6. The van der Waals surface area contributed by atoms with E-state index in [0.717, 1.165) is 42.9 Å². The molecular formula is C23H30N4O3. The number of nitrogens with zero attached hydrogens (tertiary/aromatic N) is 2. The lowest BCUT2D eigenvalue weighted by atomic mass is 9.57. The minimum Gasteiger partial charge on any atom is -0.317 e. The van der Waals surface area contributed by atoms with Crippen molar-refractivity contribution in [2.45, 2.75) is 57.4 Å². The highest BCUT2D eigenvalue weighted by Crippen LogP contribution is 2.53. The number of rotatable bonds is 4. The number of aromatic nitrogens is 2. The highest BCUT2D eigenvalue weighted by molar-refractivity contribution is 6.00. The molecule has 2 saturated heterocycles. The second-order valence-corrected chi connectivity index (χ2v) is 9.53. The summed E-state index contributed by atoms with van der Waals surface area (Å²) in [7, 11) is 1.78. The van der Waals surface area contributed by atoms with Crippen molar-refractivity contribution in [3.63, 3.8) is 0 Å². The smallest absolute Gasteiger partial charge is 0.317 e. The first-order chi connectivity index (χ1) is 14.5. The van der Waals surface area contributed by atoms with Crippen molar-refractivity contribution in [3.05, 3.63) is 34.2 Å². The third-order valence-electron chi connectivity index (χ3n) is 7.64. The van der Waals surface area contributed by atoms with E-state index in [-0.39, 0.29) is 23.9 Å². The average molecular weight is 411 g/mol. The van der Waals surface area contributed by atoms with Gasteiger partial charge in [0.2, 0.25) is 11.8 Å². The summed E-state index contributed by atoms with van der Waals surface area (Å²) in [6.07, 6.45) is 8.01. The van der Waals surface area contributed by atoms with Crippen LogP contribution in [0.2, 0.25) is 0 Å². The fourth-order valence-electron chi connectivity index (χ4n) is 6.05. The van der Waals surface area contributed by atoms with Gasteiger partial charge in [0.15, 0.2) is 0 Å². The van der Waals surface area contributed by atoms with Gasteiger partial charge in [-0.3, -0.25) is 24.0 Å². The molecule has 2 N–H and O–H groups in total. The van der Waals surface area contributed by atoms with Gasteiger partial charge in [-0.2, -0.15) is 0 Å². The first-order valence-electron chi connectivity index (χ1n) is 11.2. The topological polar surface area (TPSA) is 85.1 Å². The molecular weight excluding hydrogens is 380 g/mol. The number of aryl methyl sites for hydroxylation is 2. The Bertz CT molecular complexity index is 1050. The predicted molar refractivity (Wildman–Crippen MR) is 114 cm³/mol. The Morgan fingerprint density at radius 3 is 2.63 bits per heavy atom. The van der Waals surface area contributed by atoms with Crippen LogP contribution >= 0.6 is 0 Å². The standard InChI is InChI=1S/C23H30N4O3/c1-26-20-16(6-5-15-13-23(14-15)9-11-24-12-10-23)3-2-4-17(20)27(22(26)30)18-7-8-19(28)25-21(18)29/h2-4,15,18,24H,5-14H2,1H3,(H,25,28,29). The molecule has 3 heterocycles. The van der Waals surface area contributed by atoms with Crippen LogP contribution in [-0.2, 0) is 23.1 Å². The summed E-state index contributed by atoms with van der Waals surface area (Å²) in [5.74, 6) is 0.123. The summed E-state index contributed by atoms with van der Waals surface area (Å²) in [6.45, 7) is 2.31. The highest BCUT2D eigenvalue weighted by atomic mass is 16.2. The lowest BCUT2D eigenvalue weighted by Crippen LogP contribution is -2.45. The van der Waals surface area contributed by atoms with Crippen LogP contribution in [0.3, 0.4) is 0 Å². The quantitative estimate of drug-likeness (QED) is 0.756. The van der Waals surface area contributed by atoms with Crippen molar-refractivity contribution in [1.82, 2.24) is 19.8 Å². The number of piperidine rings is 2. The molecule has 0 radical (unpaired) electrons. The normalized spacial score (nSPS) is 24.2. The van der Waals surface area contributed by atoms with Gasteiger partial charge in [0.25, 0.3) is 0 Å². The number of amides is 2. The number of carbonyl (C=O) groups is 2. The van der Waals surface area contributed by atoms with Crippen LogP contribution in [0, 0.1) is 11.3 Å². The number of hydrogen-bond donors (Lipinski definition) is 2. The summed E-state index contributed by atoms with van der Waals surface area (Å²) in [6, 6.07) is 5.38. The summed E-state index contributed by atoms with van der Waals surface area (Å²) < 4.78 is 3.25. The molecule has 1 unspecified atom stereocenters. The number of imide groups is 1. The molecule has 160 valence electrons. The largest absolute Gasteiger partial charge is 0.329 e. The third kappa shape index (κ3) is 3.20. The molecule has 1 aromatic heterocycles. The van der Waals surface area contributed by atoms with Gasteiger partial charge >= 0.3 is 5.69 Å². The summed E-state index contributed by atoms with van der Waals surface area (Å²) in [4.78, 5) is 37.0. The number of carbonyl (C=O) groups excluding carboxylic acids is 2. The number of para-hydroxylation sites is 1. The Morgan fingerprint density at radius 1 is 1.13 bits per heavy atom. The molecule has 1 saturated carbocycles. The first-order valence-corrected chi connectivity index (χ1v) is 11.2. The van der Waals surface area contributed by atoms with E-state index in [1.165, 1.54) is 31.2 Å². The van der Waals surface area contributed by atoms with Crippen LogP contribution in [0.15, 0.2) is 23.0 Å². The van der Waals surface area contributed by atoms with Crippen molar-refractivity contribution in [2.24, 2.45) is 18.4 Å². The lowest BCUT2D eigenvalue weighted by Gasteiger charge is -2.50. The number of hydrogen-bond acceptors (Lipinski definition) is 4. The maximum absolute atomic E-state index is 13.0. The van der Waals surface area contributed by atoms with Gasteiger partial charge in [-0.15, -0.1) is 0 Å². The van der Waals surface area contributed by atoms with Crippen molar-refractivity contribution >= 4 is 22.8 Å². The molecule has 1 aromatic carbocycles. The Hall–Kier alpha value is -2.41.